The van der Waals surface area contributed by atoms with Crippen molar-refractivity contribution in [2.75, 3.05) is 32.8 Å². The second-order valence-electron chi connectivity index (χ2n) is 7.29. The van der Waals surface area contributed by atoms with Crippen LogP contribution in [0.3, 0.4) is 0 Å². The minimum absolute atomic E-state index is 0.384. The summed E-state index contributed by atoms with van der Waals surface area (Å²) in [6.45, 7) is 7.63. The van der Waals surface area contributed by atoms with E-state index in [0.717, 1.165) is 44.7 Å². The van der Waals surface area contributed by atoms with E-state index in [9.17, 15) is 0 Å². The molecular weight excluding hydrogens is 272 g/mol. The van der Waals surface area contributed by atoms with Crippen molar-refractivity contribution >= 4 is 0 Å². The summed E-state index contributed by atoms with van der Waals surface area (Å²) in [6, 6.07) is 11.6. The summed E-state index contributed by atoms with van der Waals surface area (Å²) in [5.41, 5.74) is 1.86. The van der Waals surface area contributed by atoms with Crippen LogP contribution in [0.4, 0.5) is 0 Å². The highest BCUT2D eigenvalue weighted by molar-refractivity contribution is 5.24. The number of rotatable bonds is 2. The molecule has 0 bridgehead atoms. The zero-order valence-corrected chi connectivity index (χ0v) is 13.6. The van der Waals surface area contributed by atoms with E-state index < -0.39 is 0 Å². The van der Waals surface area contributed by atoms with E-state index in [1.54, 1.807) is 0 Å². The average Bonchev–Trinajstić information content (AvgIpc) is 3.04. The molecule has 22 heavy (non-hydrogen) atoms. The zero-order chi connectivity index (χ0) is 15.0. The topological polar surface area (TPSA) is 24.5 Å². The summed E-state index contributed by atoms with van der Waals surface area (Å²) >= 11 is 0. The monoisotopic (exact) mass is 300 g/mol. The first-order valence-electron chi connectivity index (χ1n) is 8.93. The van der Waals surface area contributed by atoms with Crippen LogP contribution in [-0.2, 0) is 4.74 Å². The van der Waals surface area contributed by atoms with Gasteiger partial charge >= 0.3 is 0 Å². The fourth-order valence-electron chi connectivity index (χ4n) is 5.42. The zero-order valence-electron chi connectivity index (χ0n) is 13.6. The fraction of sp³-hybridized carbons (Fsp3) is 0.684. The number of nitrogens with zero attached hydrogens (tertiary/aromatic N) is 1. The number of hydrogen-bond acceptors (Lipinski definition) is 3. The summed E-state index contributed by atoms with van der Waals surface area (Å²) in [5, 5.41) is 3.86. The van der Waals surface area contributed by atoms with Crippen LogP contribution < -0.4 is 5.32 Å². The van der Waals surface area contributed by atoms with E-state index in [-0.39, 0.29) is 0 Å². The van der Waals surface area contributed by atoms with Gasteiger partial charge in [0, 0.05) is 31.2 Å². The Morgan fingerprint density at radius 1 is 1.18 bits per heavy atom. The van der Waals surface area contributed by atoms with Crippen molar-refractivity contribution in [2.24, 2.45) is 11.8 Å². The molecule has 0 aromatic heterocycles. The van der Waals surface area contributed by atoms with Gasteiger partial charge in [-0.15, -0.1) is 0 Å². The first-order chi connectivity index (χ1) is 10.8. The third kappa shape index (κ3) is 2.22. The molecule has 1 aromatic carbocycles. The maximum absolute atomic E-state index is 5.63. The molecule has 3 heteroatoms. The van der Waals surface area contributed by atoms with E-state index in [2.05, 4.69) is 47.5 Å². The molecule has 1 aliphatic carbocycles. The Balaban J connectivity index is 1.68. The minimum atomic E-state index is 0.384. The first-order valence-corrected chi connectivity index (χ1v) is 8.93. The number of fused-ring (bicyclic) bond motifs is 1. The molecular formula is C19H28N2O. The Morgan fingerprint density at radius 2 is 1.95 bits per heavy atom. The SMILES string of the molecule is C[C@@H]1CN[C@H](c2ccccc2)[C@@H]2CCC[C@]12N1CCOCC1. The third-order valence-corrected chi connectivity index (χ3v) is 6.39. The van der Waals surface area contributed by atoms with Gasteiger partial charge in [0.2, 0.25) is 0 Å². The van der Waals surface area contributed by atoms with E-state index in [4.69, 9.17) is 4.74 Å². The Hall–Kier alpha value is -0.900. The number of nitrogens with one attached hydrogen (secondary N) is 1. The quantitative estimate of drug-likeness (QED) is 0.909. The normalized spacial score (nSPS) is 39.6. The highest BCUT2D eigenvalue weighted by Crippen LogP contribution is 2.53. The maximum Gasteiger partial charge on any atom is 0.0594 e. The van der Waals surface area contributed by atoms with Gasteiger partial charge in [-0.3, -0.25) is 4.90 Å². The van der Waals surface area contributed by atoms with Crippen molar-refractivity contribution in [1.82, 2.24) is 10.2 Å². The summed E-state index contributed by atoms with van der Waals surface area (Å²) in [4.78, 5) is 2.79. The number of morpholine rings is 1. The molecule has 0 spiro atoms. The van der Waals surface area contributed by atoms with Crippen LogP contribution in [0, 0.1) is 11.8 Å². The molecule has 0 amide bonds. The van der Waals surface area contributed by atoms with Crippen molar-refractivity contribution in [3.8, 4) is 0 Å². The van der Waals surface area contributed by atoms with Gasteiger partial charge in [0.1, 0.15) is 0 Å². The van der Waals surface area contributed by atoms with Gasteiger partial charge in [0.25, 0.3) is 0 Å². The molecule has 120 valence electrons. The van der Waals surface area contributed by atoms with Crippen molar-refractivity contribution in [2.45, 2.75) is 37.8 Å². The molecule has 3 nitrogen and oxygen atoms in total. The summed E-state index contributed by atoms with van der Waals surface area (Å²) in [6.07, 6.45) is 4.09. The van der Waals surface area contributed by atoms with Crippen LogP contribution in [0.15, 0.2) is 30.3 Å². The maximum atomic E-state index is 5.63. The largest absolute Gasteiger partial charge is 0.379 e. The lowest BCUT2D eigenvalue weighted by Gasteiger charge is -2.56. The lowest BCUT2D eigenvalue weighted by molar-refractivity contribution is -0.0824. The van der Waals surface area contributed by atoms with Crippen molar-refractivity contribution < 1.29 is 4.74 Å². The summed E-state index contributed by atoms with van der Waals surface area (Å²) in [7, 11) is 0. The van der Waals surface area contributed by atoms with Gasteiger partial charge in [-0.2, -0.15) is 0 Å². The van der Waals surface area contributed by atoms with Gasteiger partial charge in [0.05, 0.1) is 13.2 Å². The van der Waals surface area contributed by atoms with E-state index >= 15 is 0 Å². The summed E-state index contributed by atoms with van der Waals surface area (Å²) in [5.74, 6) is 1.45. The molecule has 1 saturated carbocycles. The summed E-state index contributed by atoms with van der Waals surface area (Å²) < 4.78 is 5.63. The van der Waals surface area contributed by atoms with Gasteiger partial charge in [0.15, 0.2) is 0 Å². The van der Waals surface area contributed by atoms with Crippen LogP contribution in [0.2, 0.25) is 0 Å². The van der Waals surface area contributed by atoms with E-state index in [0.29, 0.717) is 11.6 Å². The van der Waals surface area contributed by atoms with Crippen LogP contribution >= 0.6 is 0 Å². The van der Waals surface area contributed by atoms with E-state index in [1.165, 1.54) is 24.8 Å². The Morgan fingerprint density at radius 3 is 2.73 bits per heavy atom. The standard InChI is InChI=1S/C19H28N2O/c1-15-14-20-18(16-6-3-2-4-7-16)17-8-5-9-19(15,17)21-10-12-22-13-11-21/h2-4,6-7,15,17-18,20H,5,8-14H2,1H3/t15-,17+,18-,19+/m1/s1. The third-order valence-electron chi connectivity index (χ3n) is 6.39. The molecule has 0 radical (unpaired) electrons. The predicted molar refractivity (Wildman–Crippen MR) is 88.8 cm³/mol. The molecule has 2 aliphatic heterocycles. The van der Waals surface area contributed by atoms with E-state index in [1.807, 2.05) is 0 Å². The number of benzene rings is 1. The molecule has 3 fully saturated rings. The number of hydrogen-bond donors (Lipinski definition) is 1. The molecule has 2 saturated heterocycles. The fourth-order valence-corrected chi connectivity index (χ4v) is 5.42. The molecule has 1 N–H and O–H groups in total. The predicted octanol–water partition coefficient (Wildman–Crippen LogP) is 2.84. The van der Waals surface area contributed by atoms with Gasteiger partial charge < -0.3 is 10.1 Å². The van der Waals surface area contributed by atoms with Crippen molar-refractivity contribution in [3.63, 3.8) is 0 Å². The first kappa shape index (κ1) is 14.7. The smallest absolute Gasteiger partial charge is 0.0594 e. The number of piperidine rings is 1. The molecule has 4 atom stereocenters. The highest BCUT2D eigenvalue weighted by Gasteiger charge is 2.55. The van der Waals surface area contributed by atoms with Gasteiger partial charge in [-0.1, -0.05) is 43.7 Å². The lowest BCUT2D eigenvalue weighted by Crippen LogP contribution is -2.65. The number of ether oxygens (including phenoxy) is 1. The van der Waals surface area contributed by atoms with Gasteiger partial charge in [-0.05, 0) is 30.2 Å². The Kier molecular flexibility index (Phi) is 3.97. The van der Waals surface area contributed by atoms with Crippen LogP contribution in [0.5, 0.6) is 0 Å². The van der Waals surface area contributed by atoms with Crippen molar-refractivity contribution in [1.29, 1.82) is 0 Å². The lowest BCUT2D eigenvalue weighted by atomic mass is 9.67. The molecule has 2 heterocycles. The Bertz CT molecular complexity index is 499. The average molecular weight is 300 g/mol. The van der Waals surface area contributed by atoms with Crippen LogP contribution in [0.1, 0.15) is 37.8 Å². The van der Waals surface area contributed by atoms with Crippen molar-refractivity contribution in [3.05, 3.63) is 35.9 Å². The minimum Gasteiger partial charge on any atom is -0.379 e. The Labute approximate surface area is 134 Å². The second-order valence-corrected chi connectivity index (χ2v) is 7.29. The highest BCUT2D eigenvalue weighted by atomic mass is 16.5. The second kappa shape index (κ2) is 5.95. The molecule has 1 aromatic rings. The van der Waals surface area contributed by atoms with Crippen LogP contribution in [0.25, 0.3) is 0 Å². The molecule has 4 rings (SSSR count). The molecule has 0 unspecified atom stereocenters. The molecule has 3 aliphatic rings. The van der Waals surface area contributed by atoms with Crippen LogP contribution in [-0.4, -0.2) is 43.3 Å². The van der Waals surface area contributed by atoms with Gasteiger partial charge in [-0.25, -0.2) is 0 Å².